The van der Waals surface area contributed by atoms with E-state index in [4.69, 9.17) is 4.42 Å². The molecule has 0 radical (unpaired) electrons. The SMILES string of the molecule is Cc1ccoc1C(=O)NCCCNC(=O)[C@]1(C)CCCCN1C(=O)c1ccccc1. The van der Waals surface area contributed by atoms with Gasteiger partial charge in [-0.25, -0.2) is 0 Å². The van der Waals surface area contributed by atoms with Gasteiger partial charge in [-0.05, 0) is 57.7 Å². The second kappa shape index (κ2) is 9.61. The first-order chi connectivity index (χ1) is 14.4. The molecule has 160 valence electrons. The van der Waals surface area contributed by atoms with E-state index in [2.05, 4.69) is 10.6 Å². The number of carbonyl (C=O) groups excluding carboxylic acids is 3. The van der Waals surface area contributed by atoms with E-state index in [-0.39, 0.29) is 17.7 Å². The van der Waals surface area contributed by atoms with E-state index in [1.165, 1.54) is 6.26 Å². The molecular formula is C23H29N3O4. The second-order valence-electron chi connectivity index (χ2n) is 7.85. The average Bonchev–Trinajstić information content (AvgIpc) is 3.19. The quantitative estimate of drug-likeness (QED) is 0.686. The molecule has 1 aromatic heterocycles. The minimum absolute atomic E-state index is 0.117. The van der Waals surface area contributed by atoms with Crippen molar-refractivity contribution in [2.24, 2.45) is 0 Å². The minimum Gasteiger partial charge on any atom is -0.459 e. The number of benzene rings is 1. The van der Waals surface area contributed by atoms with Crippen molar-refractivity contribution in [3.63, 3.8) is 0 Å². The fourth-order valence-electron chi connectivity index (χ4n) is 3.79. The maximum absolute atomic E-state index is 13.0. The molecule has 1 aliphatic heterocycles. The molecule has 0 aliphatic carbocycles. The van der Waals surface area contributed by atoms with Gasteiger partial charge in [-0.15, -0.1) is 0 Å². The van der Waals surface area contributed by atoms with Crippen LogP contribution in [0.2, 0.25) is 0 Å². The van der Waals surface area contributed by atoms with Gasteiger partial charge in [-0.1, -0.05) is 18.2 Å². The van der Waals surface area contributed by atoms with Crippen molar-refractivity contribution in [2.75, 3.05) is 19.6 Å². The van der Waals surface area contributed by atoms with E-state index in [0.717, 1.165) is 18.4 Å². The van der Waals surface area contributed by atoms with Crippen LogP contribution in [0.25, 0.3) is 0 Å². The van der Waals surface area contributed by atoms with Crippen molar-refractivity contribution in [1.29, 1.82) is 0 Å². The monoisotopic (exact) mass is 411 g/mol. The molecule has 30 heavy (non-hydrogen) atoms. The Balaban J connectivity index is 1.52. The van der Waals surface area contributed by atoms with Gasteiger partial charge in [0, 0.05) is 30.8 Å². The van der Waals surface area contributed by atoms with E-state index in [1.807, 2.05) is 32.0 Å². The lowest BCUT2D eigenvalue weighted by molar-refractivity contribution is -0.133. The summed E-state index contributed by atoms with van der Waals surface area (Å²) in [6, 6.07) is 10.8. The highest BCUT2D eigenvalue weighted by Crippen LogP contribution is 2.29. The van der Waals surface area contributed by atoms with Gasteiger partial charge in [0.05, 0.1) is 6.26 Å². The first-order valence-corrected chi connectivity index (χ1v) is 10.4. The molecule has 1 aromatic carbocycles. The van der Waals surface area contributed by atoms with Crippen LogP contribution in [-0.2, 0) is 4.79 Å². The molecule has 3 rings (SSSR count). The van der Waals surface area contributed by atoms with Gasteiger partial charge in [0.25, 0.3) is 11.8 Å². The summed E-state index contributed by atoms with van der Waals surface area (Å²) in [6.45, 7) is 5.05. The fraction of sp³-hybridized carbons (Fsp3) is 0.435. The summed E-state index contributed by atoms with van der Waals surface area (Å²) >= 11 is 0. The Morgan fingerprint density at radius 2 is 1.80 bits per heavy atom. The first kappa shape index (κ1) is 21.6. The highest BCUT2D eigenvalue weighted by atomic mass is 16.3. The van der Waals surface area contributed by atoms with Crippen molar-refractivity contribution in [3.8, 4) is 0 Å². The number of nitrogens with one attached hydrogen (secondary N) is 2. The van der Waals surface area contributed by atoms with Gasteiger partial charge in [-0.2, -0.15) is 0 Å². The van der Waals surface area contributed by atoms with E-state index in [9.17, 15) is 14.4 Å². The third-order valence-electron chi connectivity index (χ3n) is 5.64. The van der Waals surface area contributed by atoms with E-state index < -0.39 is 5.54 Å². The van der Waals surface area contributed by atoms with Crippen molar-refractivity contribution >= 4 is 17.7 Å². The first-order valence-electron chi connectivity index (χ1n) is 10.4. The van der Waals surface area contributed by atoms with Crippen LogP contribution in [0.3, 0.4) is 0 Å². The molecule has 7 nitrogen and oxygen atoms in total. The molecule has 0 bridgehead atoms. The predicted octanol–water partition coefficient (Wildman–Crippen LogP) is 2.91. The van der Waals surface area contributed by atoms with Gasteiger partial charge in [0.2, 0.25) is 5.91 Å². The summed E-state index contributed by atoms with van der Waals surface area (Å²) in [5.41, 5.74) is 0.503. The van der Waals surface area contributed by atoms with Gasteiger partial charge in [0.15, 0.2) is 5.76 Å². The Hall–Kier alpha value is -3.09. The lowest BCUT2D eigenvalue weighted by Gasteiger charge is -2.43. The molecule has 7 heteroatoms. The molecule has 2 aromatic rings. The van der Waals surface area contributed by atoms with Crippen LogP contribution in [0.4, 0.5) is 0 Å². The number of likely N-dealkylation sites (tertiary alicyclic amines) is 1. The number of hydrogen-bond acceptors (Lipinski definition) is 4. The molecule has 0 unspecified atom stereocenters. The maximum atomic E-state index is 13.0. The van der Waals surface area contributed by atoms with Crippen LogP contribution in [0.1, 0.15) is 59.1 Å². The molecule has 3 amide bonds. The molecule has 2 N–H and O–H groups in total. The summed E-state index contributed by atoms with van der Waals surface area (Å²) in [7, 11) is 0. The van der Waals surface area contributed by atoms with Crippen LogP contribution in [0, 0.1) is 6.92 Å². The Kier molecular flexibility index (Phi) is 6.92. The Labute approximate surface area is 176 Å². The lowest BCUT2D eigenvalue weighted by atomic mass is 9.86. The van der Waals surface area contributed by atoms with Gasteiger partial charge >= 0.3 is 0 Å². The van der Waals surface area contributed by atoms with Gasteiger partial charge in [-0.3, -0.25) is 14.4 Å². The second-order valence-corrected chi connectivity index (χ2v) is 7.85. The number of piperidine rings is 1. The zero-order valence-electron chi connectivity index (χ0n) is 17.6. The van der Waals surface area contributed by atoms with Gasteiger partial charge < -0.3 is 20.0 Å². The van der Waals surface area contributed by atoms with E-state index >= 15 is 0 Å². The zero-order valence-corrected chi connectivity index (χ0v) is 17.6. The summed E-state index contributed by atoms with van der Waals surface area (Å²) in [4.78, 5) is 39.7. The highest BCUT2D eigenvalue weighted by Gasteiger charge is 2.43. The van der Waals surface area contributed by atoms with Crippen LogP contribution in [0.5, 0.6) is 0 Å². The van der Waals surface area contributed by atoms with Crippen LogP contribution < -0.4 is 10.6 Å². The molecule has 1 saturated heterocycles. The summed E-state index contributed by atoms with van der Waals surface area (Å²) < 4.78 is 5.17. The molecule has 0 spiro atoms. The minimum atomic E-state index is -0.875. The number of aryl methyl sites for hydroxylation is 1. The van der Waals surface area contributed by atoms with Crippen molar-refractivity contribution in [2.45, 2.75) is 45.1 Å². The molecular weight excluding hydrogens is 382 g/mol. The maximum Gasteiger partial charge on any atom is 0.287 e. The highest BCUT2D eigenvalue weighted by molar-refractivity contribution is 5.99. The third kappa shape index (κ3) is 4.72. The average molecular weight is 412 g/mol. The molecule has 1 fully saturated rings. The number of amides is 3. The standard InChI is InChI=1S/C23H29N3O4/c1-17-11-16-30-19(17)20(27)24-13-8-14-25-22(29)23(2)12-6-7-15-26(23)21(28)18-9-4-3-5-10-18/h3-5,9-11,16H,6-8,12-15H2,1-2H3,(H,24,27)(H,25,29)/t23-/m0/s1. The topological polar surface area (TPSA) is 91.7 Å². The summed E-state index contributed by atoms with van der Waals surface area (Å²) in [5.74, 6) is -0.222. The lowest BCUT2D eigenvalue weighted by Crippen LogP contribution is -2.61. The molecule has 1 atom stereocenters. The van der Waals surface area contributed by atoms with E-state index in [1.54, 1.807) is 23.1 Å². The Morgan fingerprint density at radius 3 is 2.50 bits per heavy atom. The smallest absolute Gasteiger partial charge is 0.287 e. The van der Waals surface area contributed by atoms with Crippen LogP contribution in [-0.4, -0.2) is 47.8 Å². The Morgan fingerprint density at radius 1 is 1.07 bits per heavy atom. The van der Waals surface area contributed by atoms with Crippen molar-refractivity contribution in [3.05, 3.63) is 59.5 Å². The number of carbonyl (C=O) groups is 3. The normalized spacial score (nSPS) is 18.7. The fourth-order valence-corrected chi connectivity index (χ4v) is 3.79. The van der Waals surface area contributed by atoms with Crippen molar-refractivity contribution in [1.82, 2.24) is 15.5 Å². The number of furan rings is 1. The number of nitrogens with zero attached hydrogens (tertiary/aromatic N) is 1. The van der Waals surface area contributed by atoms with Crippen LogP contribution >= 0.6 is 0 Å². The molecule has 2 heterocycles. The largest absolute Gasteiger partial charge is 0.459 e. The van der Waals surface area contributed by atoms with Crippen LogP contribution in [0.15, 0.2) is 47.1 Å². The Bertz CT molecular complexity index is 893. The third-order valence-corrected chi connectivity index (χ3v) is 5.64. The summed E-state index contributed by atoms with van der Waals surface area (Å²) in [6.07, 6.45) is 4.49. The number of rotatable bonds is 7. The summed E-state index contributed by atoms with van der Waals surface area (Å²) in [5, 5.41) is 5.73. The number of hydrogen-bond donors (Lipinski definition) is 2. The van der Waals surface area contributed by atoms with E-state index in [0.29, 0.717) is 43.8 Å². The molecule has 1 aliphatic rings. The van der Waals surface area contributed by atoms with Crippen molar-refractivity contribution < 1.29 is 18.8 Å². The predicted molar refractivity (Wildman–Crippen MR) is 113 cm³/mol. The van der Waals surface area contributed by atoms with Gasteiger partial charge in [0.1, 0.15) is 5.54 Å². The zero-order chi connectivity index (χ0) is 21.6. The molecule has 0 saturated carbocycles.